The van der Waals surface area contributed by atoms with Crippen LogP contribution in [0.15, 0.2) is 48.7 Å². The van der Waals surface area contributed by atoms with Crippen molar-refractivity contribution in [1.82, 2.24) is 4.98 Å². The Kier molecular flexibility index (Phi) is 3.77. The predicted molar refractivity (Wildman–Crippen MR) is 83.2 cm³/mol. The lowest BCUT2D eigenvalue weighted by Gasteiger charge is -2.13. The number of hydrogen-bond acceptors (Lipinski definition) is 2. The first-order valence-electron chi connectivity index (χ1n) is 6.99. The molecule has 0 bridgehead atoms. The molecule has 2 aromatic carbocycles. The molecule has 3 aromatic rings. The van der Waals surface area contributed by atoms with E-state index in [0.29, 0.717) is 18.9 Å². The first-order valence-corrected chi connectivity index (χ1v) is 6.99. The summed E-state index contributed by atoms with van der Waals surface area (Å²) in [4.78, 5) is 3.24. The van der Waals surface area contributed by atoms with Gasteiger partial charge >= 0.3 is 0 Å². The van der Waals surface area contributed by atoms with E-state index in [4.69, 9.17) is 4.74 Å². The third-order valence-electron chi connectivity index (χ3n) is 3.39. The molecule has 0 aliphatic heterocycles. The molecule has 1 heterocycles. The van der Waals surface area contributed by atoms with E-state index in [9.17, 15) is 4.39 Å². The second-order valence-electron chi connectivity index (χ2n) is 4.79. The van der Waals surface area contributed by atoms with Gasteiger partial charge in [-0.05, 0) is 36.1 Å². The van der Waals surface area contributed by atoms with Crippen LogP contribution in [0.4, 0.5) is 10.1 Å². The van der Waals surface area contributed by atoms with Crippen LogP contribution in [0, 0.1) is 5.82 Å². The highest BCUT2D eigenvalue weighted by Gasteiger charge is 2.06. The Morgan fingerprint density at radius 3 is 2.95 bits per heavy atom. The van der Waals surface area contributed by atoms with Gasteiger partial charge in [0, 0.05) is 18.8 Å². The number of H-pyrrole nitrogens is 1. The number of benzene rings is 2. The smallest absolute Gasteiger partial charge is 0.145 e. The summed E-state index contributed by atoms with van der Waals surface area (Å²) in [6.45, 7) is 3.03. The summed E-state index contributed by atoms with van der Waals surface area (Å²) in [5, 5.41) is 4.49. The number of anilines is 1. The van der Waals surface area contributed by atoms with Crippen LogP contribution in [0.5, 0.6) is 5.75 Å². The van der Waals surface area contributed by atoms with Crippen molar-refractivity contribution in [2.24, 2.45) is 0 Å². The summed E-state index contributed by atoms with van der Waals surface area (Å²) in [5.41, 5.74) is 3.07. The van der Waals surface area contributed by atoms with E-state index in [2.05, 4.69) is 22.4 Å². The van der Waals surface area contributed by atoms with E-state index >= 15 is 0 Å². The Labute approximate surface area is 122 Å². The van der Waals surface area contributed by atoms with Crippen molar-refractivity contribution in [3.05, 3.63) is 60.0 Å². The number of para-hydroxylation sites is 1. The fraction of sp³-hybridized carbons (Fsp3) is 0.176. The Morgan fingerprint density at radius 2 is 2.10 bits per heavy atom. The summed E-state index contributed by atoms with van der Waals surface area (Å²) in [7, 11) is 0. The minimum atomic E-state index is -0.296. The molecule has 3 nitrogen and oxygen atoms in total. The predicted octanol–water partition coefficient (Wildman–Crippen LogP) is 4.32. The van der Waals surface area contributed by atoms with Gasteiger partial charge in [-0.3, -0.25) is 0 Å². The molecular weight excluding hydrogens is 267 g/mol. The van der Waals surface area contributed by atoms with Gasteiger partial charge in [-0.25, -0.2) is 4.39 Å². The molecule has 0 aliphatic carbocycles. The van der Waals surface area contributed by atoms with Crippen LogP contribution in [0.3, 0.4) is 0 Å². The number of halogens is 1. The monoisotopic (exact) mass is 284 g/mol. The molecule has 1 aromatic heterocycles. The molecule has 0 spiro atoms. The van der Waals surface area contributed by atoms with Crippen LogP contribution in [0.25, 0.3) is 10.9 Å². The Hall–Kier alpha value is -2.49. The van der Waals surface area contributed by atoms with E-state index in [1.807, 2.05) is 25.3 Å². The molecule has 0 saturated carbocycles. The van der Waals surface area contributed by atoms with E-state index < -0.39 is 0 Å². The van der Waals surface area contributed by atoms with E-state index in [1.54, 1.807) is 6.07 Å². The minimum Gasteiger partial charge on any atom is -0.492 e. The zero-order valence-electron chi connectivity index (χ0n) is 11.8. The Morgan fingerprint density at radius 1 is 1.19 bits per heavy atom. The average molecular weight is 284 g/mol. The summed E-state index contributed by atoms with van der Waals surface area (Å²) in [6.07, 6.45) is 1.93. The zero-order valence-corrected chi connectivity index (χ0v) is 11.8. The second kappa shape index (κ2) is 5.87. The van der Waals surface area contributed by atoms with Crippen molar-refractivity contribution >= 4 is 16.6 Å². The molecule has 2 N–H and O–H groups in total. The highest BCUT2D eigenvalue weighted by atomic mass is 19.1. The van der Waals surface area contributed by atoms with Crippen molar-refractivity contribution in [3.63, 3.8) is 0 Å². The molecule has 0 amide bonds. The molecule has 0 saturated heterocycles. The largest absolute Gasteiger partial charge is 0.492 e. The topological polar surface area (TPSA) is 37.0 Å². The summed E-state index contributed by atoms with van der Waals surface area (Å²) in [5.74, 6) is 0.242. The van der Waals surface area contributed by atoms with Crippen LogP contribution in [0.2, 0.25) is 0 Å². The van der Waals surface area contributed by atoms with Gasteiger partial charge < -0.3 is 15.0 Å². The SMILES string of the molecule is CCOc1cc(F)ccc1NCc1cccc2cc[nH]c12. The first-order chi connectivity index (χ1) is 10.3. The molecule has 21 heavy (non-hydrogen) atoms. The van der Waals surface area contributed by atoms with Crippen LogP contribution in [-0.2, 0) is 6.54 Å². The van der Waals surface area contributed by atoms with Crippen molar-refractivity contribution in [1.29, 1.82) is 0 Å². The van der Waals surface area contributed by atoms with Gasteiger partial charge in [0.25, 0.3) is 0 Å². The molecule has 108 valence electrons. The normalized spacial score (nSPS) is 10.8. The lowest BCUT2D eigenvalue weighted by molar-refractivity contribution is 0.340. The Balaban J connectivity index is 1.83. The van der Waals surface area contributed by atoms with Crippen molar-refractivity contribution in [2.45, 2.75) is 13.5 Å². The number of aromatic nitrogens is 1. The number of fused-ring (bicyclic) bond motifs is 1. The molecule has 0 unspecified atom stereocenters. The third-order valence-corrected chi connectivity index (χ3v) is 3.39. The maximum absolute atomic E-state index is 13.3. The quantitative estimate of drug-likeness (QED) is 0.732. The van der Waals surface area contributed by atoms with Crippen molar-refractivity contribution in [3.8, 4) is 5.75 Å². The third kappa shape index (κ3) is 2.84. The van der Waals surface area contributed by atoms with Gasteiger partial charge in [-0.15, -0.1) is 0 Å². The first kappa shape index (κ1) is 13.5. The number of nitrogens with one attached hydrogen (secondary N) is 2. The summed E-state index contributed by atoms with van der Waals surface area (Å²) >= 11 is 0. The number of hydrogen-bond donors (Lipinski definition) is 2. The minimum absolute atomic E-state index is 0.296. The molecule has 0 radical (unpaired) electrons. The molecule has 4 heteroatoms. The van der Waals surface area contributed by atoms with Gasteiger partial charge in [0.1, 0.15) is 11.6 Å². The van der Waals surface area contributed by atoms with Gasteiger partial charge in [0.15, 0.2) is 0 Å². The molecule has 0 aliphatic rings. The maximum Gasteiger partial charge on any atom is 0.145 e. The highest BCUT2D eigenvalue weighted by molar-refractivity contribution is 5.82. The fourth-order valence-corrected chi connectivity index (χ4v) is 2.40. The molecular formula is C17H17FN2O. The standard InChI is InChI=1S/C17H17FN2O/c1-2-21-16-10-14(18)6-7-15(16)20-11-13-5-3-4-12-8-9-19-17(12)13/h3-10,19-20H,2,11H2,1H3. The van der Waals surface area contributed by atoms with Crippen LogP contribution in [0.1, 0.15) is 12.5 Å². The second-order valence-corrected chi connectivity index (χ2v) is 4.79. The maximum atomic E-state index is 13.3. The number of aromatic amines is 1. The number of ether oxygens (including phenoxy) is 1. The number of rotatable bonds is 5. The summed E-state index contributed by atoms with van der Waals surface area (Å²) < 4.78 is 18.8. The van der Waals surface area contributed by atoms with Gasteiger partial charge in [0.05, 0.1) is 17.8 Å². The fourth-order valence-electron chi connectivity index (χ4n) is 2.40. The van der Waals surface area contributed by atoms with Crippen molar-refractivity contribution < 1.29 is 9.13 Å². The molecule has 0 fully saturated rings. The van der Waals surface area contributed by atoms with Crippen LogP contribution < -0.4 is 10.1 Å². The van der Waals surface area contributed by atoms with Gasteiger partial charge in [0.2, 0.25) is 0 Å². The molecule has 3 rings (SSSR count). The van der Waals surface area contributed by atoms with Crippen molar-refractivity contribution in [2.75, 3.05) is 11.9 Å². The average Bonchev–Trinajstić information content (AvgIpc) is 2.96. The van der Waals surface area contributed by atoms with Gasteiger partial charge in [-0.2, -0.15) is 0 Å². The lowest BCUT2D eigenvalue weighted by atomic mass is 10.1. The van der Waals surface area contributed by atoms with E-state index in [0.717, 1.165) is 16.8 Å². The van der Waals surface area contributed by atoms with Crippen LogP contribution in [-0.4, -0.2) is 11.6 Å². The Bertz CT molecular complexity index is 751. The van der Waals surface area contributed by atoms with Crippen LogP contribution >= 0.6 is 0 Å². The molecule has 0 atom stereocenters. The van der Waals surface area contributed by atoms with E-state index in [-0.39, 0.29) is 5.82 Å². The summed E-state index contributed by atoms with van der Waals surface area (Å²) in [6, 6.07) is 12.7. The zero-order chi connectivity index (χ0) is 14.7. The van der Waals surface area contributed by atoms with E-state index in [1.165, 1.54) is 17.5 Å². The lowest BCUT2D eigenvalue weighted by Crippen LogP contribution is -2.03. The van der Waals surface area contributed by atoms with Gasteiger partial charge in [-0.1, -0.05) is 18.2 Å². The highest BCUT2D eigenvalue weighted by Crippen LogP contribution is 2.27.